The standard InChI is InChI=1S/3C7H14N.Al/c3*1-2-3-6-8-7-4-5-7;/h3*7H,2-6H2,1H3;/q3*-1;+3. The summed E-state index contributed by atoms with van der Waals surface area (Å²) in [6, 6.07) is 2.82. The van der Waals surface area contributed by atoms with Gasteiger partial charge in [0.2, 0.25) is 0 Å². The van der Waals surface area contributed by atoms with E-state index in [2.05, 4.69) is 32.4 Å². The second-order valence-corrected chi connectivity index (χ2v) is 11.5. The highest BCUT2D eigenvalue weighted by Crippen LogP contribution is 2.38. The molecular weight excluding hydrogens is 321 g/mol. The molecule has 0 radical (unpaired) electrons. The monoisotopic (exact) mass is 363 g/mol. The number of hydrogen-bond acceptors (Lipinski definition) is 3. The third-order valence-corrected chi connectivity index (χ3v) is 10.1. The summed E-state index contributed by atoms with van der Waals surface area (Å²) in [4.78, 5) is 0. The van der Waals surface area contributed by atoms with Gasteiger partial charge in [0.25, 0.3) is 0 Å². The molecule has 0 aromatic heterocycles. The first kappa shape index (κ1) is 20.2. The first-order valence-corrected chi connectivity index (χ1v) is 13.1. The predicted octanol–water partition coefficient (Wildman–Crippen LogP) is 4.76. The van der Waals surface area contributed by atoms with Crippen LogP contribution >= 0.6 is 0 Å². The van der Waals surface area contributed by atoms with Crippen molar-refractivity contribution in [3.63, 3.8) is 0 Å². The lowest BCUT2D eigenvalue weighted by Crippen LogP contribution is -2.65. The van der Waals surface area contributed by atoms with Crippen molar-refractivity contribution in [2.45, 2.75) is 116 Å². The van der Waals surface area contributed by atoms with Gasteiger partial charge >= 0.3 is 14.8 Å². The quantitative estimate of drug-likeness (QED) is 0.388. The van der Waals surface area contributed by atoms with Crippen LogP contribution in [-0.4, -0.2) is 64.2 Å². The second-order valence-electron chi connectivity index (χ2n) is 8.81. The van der Waals surface area contributed by atoms with Gasteiger partial charge in [-0.25, -0.2) is 0 Å². The number of unbranched alkanes of at least 4 members (excludes halogenated alkanes) is 3. The molecule has 0 amide bonds. The smallest absolute Gasteiger partial charge is 0.354 e. The molecule has 0 aromatic rings. The van der Waals surface area contributed by atoms with Crippen LogP contribution in [0.4, 0.5) is 0 Å². The minimum atomic E-state index is -1.16. The van der Waals surface area contributed by atoms with Gasteiger partial charge in [-0.15, -0.1) is 0 Å². The van der Waals surface area contributed by atoms with Gasteiger partial charge in [-0.3, -0.25) is 0 Å². The maximum absolute atomic E-state index is 3.09. The van der Waals surface area contributed by atoms with Crippen LogP contribution in [0.3, 0.4) is 0 Å². The fourth-order valence-corrected chi connectivity index (χ4v) is 8.68. The van der Waals surface area contributed by atoms with Crippen molar-refractivity contribution in [1.82, 2.24) is 11.7 Å². The molecule has 0 unspecified atom stereocenters. The van der Waals surface area contributed by atoms with Crippen LogP contribution < -0.4 is 0 Å². The first-order chi connectivity index (χ1) is 12.3. The summed E-state index contributed by atoms with van der Waals surface area (Å²) < 4.78 is 9.27. The van der Waals surface area contributed by atoms with Gasteiger partial charge in [0.15, 0.2) is 0 Å². The van der Waals surface area contributed by atoms with E-state index in [4.69, 9.17) is 0 Å². The Labute approximate surface area is 162 Å². The van der Waals surface area contributed by atoms with Crippen molar-refractivity contribution in [2.24, 2.45) is 0 Å². The lowest BCUT2D eigenvalue weighted by Gasteiger charge is -2.42. The first-order valence-electron chi connectivity index (χ1n) is 11.6. The average Bonchev–Trinajstić information content (AvgIpc) is 3.49. The van der Waals surface area contributed by atoms with Gasteiger partial charge in [0, 0.05) is 0 Å². The molecule has 3 fully saturated rings. The summed E-state index contributed by atoms with van der Waals surface area (Å²) in [5.41, 5.74) is 0. The molecule has 3 aliphatic carbocycles. The Hall–Kier alpha value is 0.412. The minimum Gasteiger partial charge on any atom is -0.354 e. The van der Waals surface area contributed by atoms with Gasteiger partial charge in [-0.1, -0.05) is 40.0 Å². The second kappa shape index (κ2) is 10.1. The molecule has 3 rings (SSSR count). The van der Waals surface area contributed by atoms with Crippen LogP contribution in [0.1, 0.15) is 97.8 Å². The zero-order chi connectivity index (χ0) is 17.6. The van der Waals surface area contributed by atoms with Gasteiger partial charge in [-0.2, -0.15) is 0 Å². The van der Waals surface area contributed by atoms with E-state index in [0.29, 0.717) is 0 Å². The molecule has 0 bridgehead atoms. The molecule has 0 N–H and O–H groups in total. The van der Waals surface area contributed by atoms with Crippen molar-refractivity contribution in [2.75, 3.05) is 19.6 Å². The van der Waals surface area contributed by atoms with E-state index >= 15 is 0 Å². The Morgan fingerprint density at radius 2 is 0.840 bits per heavy atom. The lowest BCUT2D eigenvalue weighted by atomic mass is 10.3. The molecule has 144 valence electrons. The maximum Gasteiger partial charge on any atom is 0.609 e. The highest BCUT2D eigenvalue weighted by molar-refractivity contribution is 6.50. The average molecular weight is 364 g/mol. The Morgan fingerprint density at radius 3 is 1.04 bits per heavy atom. The third kappa shape index (κ3) is 5.95. The van der Waals surface area contributed by atoms with Crippen molar-refractivity contribution in [3.8, 4) is 0 Å². The molecule has 4 heteroatoms. The zero-order valence-electron chi connectivity index (χ0n) is 17.3. The fraction of sp³-hybridized carbons (Fsp3) is 1.00. The van der Waals surface area contributed by atoms with Gasteiger partial charge in [-0.05, 0) is 95.5 Å². The topological polar surface area (TPSA) is 9.72 Å². The zero-order valence-corrected chi connectivity index (χ0v) is 18.4. The molecule has 0 spiro atoms. The van der Waals surface area contributed by atoms with Crippen LogP contribution in [0.25, 0.3) is 0 Å². The predicted molar refractivity (Wildman–Crippen MR) is 110 cm³/mol. The van der Waals surface area contributed by atoms with Crippen LogP contribution in [0.15, 0.2) is 0 Å². The molecule has 3 saturated carbocycles. The Kier molecular flexibility index (Phi) is 8.14. The summed E-state index contributed by atoms with van der Waals surface area (Å²) in [6.07, 6.45) is 17.1. The normalized spacial score (nSPS) is 20.9. The Morgan fingerprint density at radius 1 is 0.560 bits per heavy atom. The largest absolute Gasteiger partial charge is 0.609 e. The Balaban J connectivity index is 1.79. The summed E-state index contributed by atoms with van der Waals surface area (Å²) in [6.45, 7) is 11.2. The van der Waals surface area contributed by atoms with Crippen LogP contribution in [0.2, 0.25) is 0 Å². The number of hydrogen-bond donors (Lipinski definition) is 0. The molecule has 3 nitrogen and oxygen atoms in total. The van der Waals surface area contributed by atoms with Crippen LogP contribution in [0, 0.1) is 0 Å². The van der Waals surface area contributed by atoms with E-state index in [1.807, 2.05) is 0 Å². The molecule has 3 aliphatic rings. The van der Waals surface area contributed by atoms with Crippen LogP contribution in [0.5, 0.6) is 0 Å². The minimum absolute atomic E-state index is 0.939. The summed E-state index contributed by atoms with van der Waals surface area (Å²) >= 11 is -1.16. The van der Waals surface area contributed by atoms with Crippen molar-refractivity contribution in [1.29, 1.82) is 0 Å². The number of nitrogens with zero attached hydrogens (tertiary/aromatic N) is 3. The van der Waals surface area contributed by atoms with Crippen molar-refractivity contribution in [3.05, 3.63) is 0 Å². The maximum atomic E-state index is 3.09. The molecule has 0 aromatic carbocycles. The molecular formula is C21H42AlN3. The van der Waals surface area contributed by atoms with Crippen molar-refractivity contribution >= 4 is 14.8 Å². The summed E-state index contributed by atoms with van der Waals surface area (Å²) in [7, 11) is 0. The van der Waals surface area contributed by atoms with Crippen LogP contribution in [-0.2, 0) is 0 Å². The molecule has 25 heavy (non-hydrogen) atoms. The lowest BCUT2D eigenvalue weighted by molar-refractivity contribution is 0.244. The van der Waals surface area contributed by atoms with Gasteiger partial charge < -0.3 is 11.7 Å². The van der Waals surface area contributed by atoms with E-state index in [0.717, 1.165) is 18.1 Å². The van der Waals surface area contributed by atoms with Gasteiger partial charge in [0.05, 0.1) is 0 Å². The highest BCUT2D eigenvalue weighted by Gasteiger charge is 2.53. The third-order valence-electron chi connectivity index (χ3n) is 6.25. The Bertz CT molecular complexity index is 322. The SMILES string of the molecule is CCCC[N](C1CC1)[Al]([N](CCCC)C1CC1)[N](CCCC)C1CC1. The molecule has 0 aliphatic heterocycles. The molecule has 0 heterocycles. The van der Waals surface area contributed by atoms with E-state index in [1.165, 1.54) is 96.7 Å². The van der Waals surface area contributed by atoms with E-state index in [-0.39, 0.29) is 0 Å². The number of rotatable bonds is 15. The van der Waals surface area contributed by atoms with E-state index < -0.39 is 14.8 Å². The molecule has 0 saturated heterocycles. The fourth-order valence-electron chi connectivity index (χ4n) is 4.27. The van der Waals surface area contributed by atoms with E-state index in [1.54, 1.807) is 0 Å². The van der Waals surface area contributed by atoms with Crippen molar-refractivity contribution < 1.29 is 0 Å². The van der Waals surface area contributed by atoms with Gasteiger partial charge in [0.1, 0.15) is 0 Å². The highest BCUT2D eigenvalue weighted by atomic mass is 27.2. The molecule has 0 atom stereocenters. The summed E-state index contributed by atoms with van der Waals surface area (Å²) in [5.74, 6) is 0. The van der Waals surface area contributed by atoms with E-state index in [9.17, 15) is 0 Å². The summed E-state index contributed by atoms with van der Waals surface area (Å²) in [5, 5.41) is 0.